The molecule has 6 heteroatoms. The minimum atomic E-state index is -0.269. The molecule has 0 aliphatic heterocycles. The van der Waals surface area contributed by atoms with Gasteiger partial charge in [-0.25, -0.2) is 0 Å². The maximum atomic E-state index is 11.9. The van der Waals surface area contributed by atoms with Crippen LogP contribution in [-0.2, 0) is 6.42 Å². The van der Waals surface area contributed by atoms with Crippen LogP contribution in [0.2, 0.25) is 0 Å². The predicted octanol–water partition coefficient (Wildman–Crippen LogP) is 4.20. The van der Waals surface area contributed by atoms with Crippen LogP contribution < -0.4 is 20.1 Å². The molecule has 0 saturated carbocycles. The first kappa shape index (κ1) is 18.4. The third kappa shape index (κ3) is 4.82. The van der Waals surface area contributed by atoms with Gasteiger partial charge in [0.15, 0.2) is 17.3 Å². The lowest BCUT2D eigenvalue weighted by molar-refractivity contribution is 0.0996. The SMILES string of the molecule is COc1ccc(CCNc2ccc(NC(=O)c3ccco3)cc2)cc1OC. The van der Waals surface area contributed by atoms with Gasteiger partial charge in [0.1, 0.15) is 0 Å². The van der Waals surface area contributed by atoms with Crippen LogP contribution >= 0.6 is 0 Å². The molecule has 1 heterocycles. The molecular formula is C21H22N2O4. The summed E-state index contributed by atoms with van der Waals surface area (Å²) in [7, 11) is 3.26. The molecule has 0 atom stereocenters. The number of nitrogens with one attached hydrogen (secondary N) is 2. The van der Waals surface area contributed by atoms with Crippen molar-refractivity contribution in [3.05, 3.63) is 72.2 Å². The second-order valence-electron chi connectivity index (χ2n) is 5.87. The van der Waals surface area contributed by atoms with Gasteiger partial charge < -0.3 is 24.5 Å². The normalized spacial score (nSPS) is 10.3. The number of amides is 1. The standard InChI is InChI=1S/C21H22N2O4/c1-25-18-10-5-15(14-20(18)26-2)11-12-22-16-6-8-17(9-7-16)23-21(24)19-4-3-13-27-19/h3-10,13-14,22H,11-12H2,1-2H3,(H,23,24). The summed E-state index contributed by atoms with van der Waals surface area (Å²) in [5.74, 6) is 1.47. The van der Waals surface area contributed by atoms with Gasteiger partial charge in [0.2, 0.25) is 0 Å². The summed E-state index contributed by atoms with van der Waals surface area (Å²) < 4.78 is 15.7. The van der Waals surface area contributed by atoms with Gasteiger partial charge in [-0.3, -0.25) is 4.79 Å². The molecule has 0 unspecified atom stereocenters. The highest BCUT2D eigenvalue weighted by molar-refractivity contribution is 6.02. The molecule has 1 aromatic heterocycles. The molecule has 2 N–H and O–H groups in total. The lowest BCUT2D eigenvalue weighted by atomic mass is 10.1. The highest BCUT2D eigenvalue weighted by atomic mass is 16.5. The third-order valence-corrected chi connectivity index (χ3v) is 4.08. The van der Waals surface area contributed by atoms with Gasteiger partial charge in [-0.05, 0) is 60.5 Å². The van der Waals surface area contributed by atoms with Gasteiger partial charge in [-0.1, -0.05) is 6.07 Å². The Morgan fingerprint density at radius 2 is 1.70 bits per heavy atom. The molecule has 0 saturated heterocycles. The summed E-state index contributed by atoms with van der Waals surface area (Å²) in [6.45, 7) is 0.771. The molecule has 0 spiro atoms. The van der Waals surface area contributed by atoms with Crippen molar-refractivity contribution in [1.29, 1.82) is 0 Å². The minimum Gasteiger partial charge on any atom is -0.493 e. The molecular weight excluding hydrogens is 344 g/mol. The van der Waals surface area contributed by atoms with E-state index in [9.17, 15) is 4.79 Å². The fourth-order valence-electron chi connectivity index (χ4n) is 2.66. The van der Waals surface area contributed by atoms with Crippen molar-refractivity contribution >= 4 is 17.3 Å². The zero-order chi connectivity index (χ0) is 19.1. The van der Waals surface area contributed by atoms with Gasteiger partial charge in [0.05, 0.1) is 20.5 Å². The first-order chi connectivity index (χ1) is 13.2. The summed E-state index contributed by atoms with van der Waals surface area (Å²) in [6.07, 6.45) is 2.32. The Morgan fingerprint density at radius 1 is 0.963 bits per heavy atom. The minimum absolute atomic E-state index is 0.269. The summed E-state index contributed by atoms with van der Waals surface area (Å²) in [6, 6.07) is 16.8. The second-order valence-corrected chi connectivity index (χ2v) is 5.87. The van der Waals surface area contributed by atoms with E-state index in [1.807, 2.05) is 42.5 Å². The molecule has 0 aliphatic carbocycles. The average Bonchev–Trinajstić information content (AvgIpc) is 3.24. The van der Waals surface area contributed by atoms with Crippen LogP contribution in [0.4, 0.5) is 11.4 Å². The maximum absolute atomic E-state index is 11.9. The van der Waals surface area contributed by atoms with Crippen molar-refractivity contribution in [3.8, 4) is 11.5 Å². The number of benzene rings is 2. The molecule has 140 valence electrons. The number of hydrogen-bond acceptors (Lipinski definition) is 5. The van der Waals surface area contributed by atoms with Crippen LogP contribution in [0.5, 0.6) is 11.5 Å². The third-order valence-electron chi connectivity index (χ3n) is 4.08. The van der Waals surface area contributed by atoms with Crippen LogP contribution in [0.1, 0.15) is 16.1 Å². The van der Waals surface area contributed by atoms with Gasteiger partial charge in [0.25, 0.3) is 5.91 Å². The number of methoxy groups -OCH3 is 2. The number of ether oxygens (including phenoxy) is 2. The van der Waals surface area contributed by atoms with Crippen LogP contribution in [0.15, 0.2) is 65.3 Å². The second kappa shape index (κ2) is 8.80. The summed E-state index contributed by atoms with van der Waals surface area (Å²) in [5.41, 5.74) is 2.84. The molecule has 27 heavy (non-hydrogen) atoms. The zero-order valence-electron chi connectivity index (χ0n) is 15.3. The van der Waals surface area contributed by atoms with E-state index in [0.29, 0.717) is 5.69 Å². The fourth-order valence-corrected chi connectivity index (χ4v) is 2.66. The van der Waals surface area contributed by atoms with E-state index in [1.165, 1.54) is 6.26 Å². The molecule has 0 bridgehead atoms. The monoisotopic (exact) mass is 366 g/mol. The van der Waals surface area contributed by atoms with Crippen LogP contribution in [0, 0.1) is 0 Å². The number of furan rings is 1. The molecule has 6 nitrogen and oxygen atoms in total. The number of anilines is 2. The maximum Gasteiger partial charge on any atom is 0.291 e. The average molecular weight is 366 g/mol. The van der Waals surface area contributed by atoms with Crippen molar-refractivity contribution in [3.63, 3.8) is 0 Å². The lowest BCUT2D eigenvalue weighted by Crippen LogP contribution is -2.11. The highest BCUT2D eigenvalue weighted by Crippen LogP contribution is 2.27. The van der Waals surface area contributed by atoms with E-state index in [0.717, 1.165) is 35.7 Å². The molecule has 1 amide bonds. The van der Waals surface area contributed by atoms with Gasteiger partial charge in [-0.2, -0.15) is 0 Å². The van der Waals surface area contributed by atoms with E-state index < -0.39 is 0 Å². The Labute approximate surface area is 158 Å². The Bertz CT molecular complexity index is 874. The first-order valence-corrected chi connectivity index (χ1v) is 8.59. The van der Waals surface area contributed by atoms with Crippen molar-refractivity contribution < 1.29 is 18.7 Å². The van der Waals surface area contributed by atoms with E-state index in [2.05, 4.69) is 10.6 Å². The number of carbonyl (C=O) groups is 1. The largest absolute Gasteiger partial charge is 0.493 e. The van der Waals surface area contributed by atoms with E-state index in [1.54, 1.807) is 26.4 Å². The number of rotatable bonds is 8. The van der Waals surface area contributed by atoms with E-state index in [4.69, 9.17) is 13.9 Å². The number of hydrogen-bond donors (Lipinski definition) is 2. The Kier molecular flexibility index (Phi) is 5.99. The van der Waals surface area contributed by atoms with Crippen molar-refractivity contribution in [2.24, 2.45) is 0 Å². The molecule has 0 aliphatic rings. The fraction of sp³-hybridized carbons (Fsp3) is 0.190. The van der Waals surface area contributed by atoms with Crippen molar-refractivity contribution in [1.82, 2.24) is 0 Å². The zero-order valence-corrected chi connectivity index (χ0v) is 15.3. The molecule has 3 aromatic rings. The van der Waals surface area contributed by atoms with Gasteiger partial charge in [0, 0.05) is 17.9 Å². The Hall–Kier alpha value is -3.41. The van der Waals surface area contributed by atoms with Crippen LogP contribution in [0.25, 0.3) is 0 Å². The van der Waals surface area contributed by atoms with Gasteiger partial charge >= 0.3 is 0 Å². The molecule has 0 radical (unpaired) electrons. The van der Waals surface area contributed by atoms with Crippen LogP contribution in [0.3, 0.4) is 0 Å². The Balaban J connectivity index is 1.51. The topological polar surface area (TPSA) is 72.7 Å². The highest BCUT2D eigenvalue weighted by Gasteiger charge is 2.08. The van der Waals surface area contributed by atoms with E-state index >= 15 is 0 Å². The lowest BCUT2D eigenvalue weighted by Gasteiger charge is -2.11. The number of carbonyl (C=O) groups excluding carboxylic acids is 1. The smallest absolute Gasteiger partial charge is 0.291 e. The predicted molar refractivity (Wildman–Crippen MR) is 105 cm³/mol. The summed E-state index contributed by atoms with van der Waals surface area (Å²) in [5, 5.41) is 6.15. The molecule has 3 rings (SSSR count). The summed E-state index contributed by atoms with van der Waals surface area (Å²) in [4.78, 5) is 11.9. The van der Waals surface area contributed by atoms with Crippen LogP contribution in [-0.4, -0.2) is 26.7 Å². The van der Waals surface area contributed by atoms with Gasteiger partial charge in [-0.15, -0.1) is 0 Å². The van der Waals surface area contributed by atoms with Crippen molar-refractivity contribution in [2.45, 2.75) is 6.42 Å². The molecule has 2 aromatic carbocycles. The Morgan fingerprint density at radius 3 is 2.37 bits per heavy atom. The van der Waals surface area contributed by atoms with E-state index in [-0.39, 0.29) is 11.7 Å². The summed E-state index contributed by atoms with van der Waals surface area (Å²) >= 11 is 0. The molecule has 0 fully saturated rings. The quantitative estimate of drug-likeness (QED) is 0.625. The van der Waals surface area contributed by atoms with Crippen molar-refractivity contribution in [2.75, 3.05) is 31.4 Å². The first-order valence-electron chi connectivity index (χ1n) is 8.59.